The number of carbonyl (C=O) groups excluding carboxylic acids is 2. The van der Waals surface area contributed by atoms with Crippen LogP contribution in [0.2, 0.25) is 0 Å². The average Bonchev–Trinajstić information content (AvgIpc) is 3.91. The molecular formula is C44H48N4O4S4. The van der Waals surface area contributed by atoms with Crippen LogP contribution in [0.3, 0.4) is 0 Å². The highest BCUT2D eigenvalue weighted by molar-refractivity contribution is 8.26. The van der Waals surface area contributed by atoms with Gasteiger partial charge in [0.1, 0.15) is 34.8 Å². The summed E-state index contributed by atoms with van der Waals surface area (Å²) in [5.74, 6) is 1.33. The lowest BCUT2D eigenvalue weighted by Crippen LogP contribution is -2.39. The largest absolute Gasteiger partial charge is 0.491 e. The number of allylic oxidation sites excluding steroid dienone is 1. The van der Waals surface area contributed by atoms with Crippen molar-refractivity contribution in [1.82, 2.24) is 10.0 Å². The van der Waals surface area contributed by atoms with Gasteiger partial charge in [-0.1, -0.05) is 174 Å². The third-order valence-electron chi connectivity index (χ3n) is 10.2. The molecule has 3 heterocycles. The number of hydrogen-bond acceptors (Lipinski definition) is 10. The van der Waals surface area contributed by atoms with E-state index in [1.54, 1.807) is 10.0 Å². The first kappa shape index (κ1) is 41.7. The van der Waals surface area contributed by atoms with Gasteiger partial charge in [-0.2, -0.15) is 10.5 Å². The van der Waals surface area contributed by atoms with E-state index in [1.807, 2.05) is 60.7 Å². The molecule has 56 heavy (non-hydrogen) atoms. The van der Waals surface area contributed by atoms with Crippen molar-refractivity contribution in [2.75, 3.05) is 13.2 Å². The van der Waals surface area contributed by atoms with Crippen LogP contribution >= 0.6 is 47.0 Å². The molecule has 1 fully saturated rings. The summed E-state index contributed by atoms with van der Waals surface area (Å²) in [7, 11) is 0. The molecule has 292 valence electrons. The Morgan fingerprint density at radius 1 is 0.643 bits per heavy atom. The fraction of sp³-hybridized carbons (Fsp3) is 0.409. The summed E-state index contributed by atoms with van der Waals surface area (Å²) < 4.78 is 14.9. The number of unbranched alkanes of at least 4 members (excludes halogenated alkanes) is 2. The van der Waals surface area contributed by atoms with Crippen LogP contribution in [-0.2, 0) is 22.7 Å². The van der Waals surface area contributed by atoms with E-state index in [0.717, 1.165) is 82.1 Å². The first-order chi connectivity index (χ1) is 27.3. The standard InChI is InChI=1S/C44H48N4O4S4/c1-5-9-17-29(7-3)27-51-35-37-38(54-43(53-37)33(23-45)24-46)36(52-28-30(8-4)18-10-6-2)40-39(35)55-44(56-40)34-41(49)47(25-31-19-13-11-14-20-31)48(42(34)50)26-32-21-15-12-16-22-32/h11-16,19-22,29-30H,5-10,17-18,25-28H2,1-4H3. The maximum Gasteiger partial charge on any atom is 0.280 e. The molecule has 0 aromatic heterocycles. The fourth-order valence-electron chi connectivity index (χ4n) is 6.75. The number of rotatable bonds is 18. The summed E-state index contributed by atoms with van der Waals surface area (Å²) in [4.78, 5) is 32.4. The van der Waals surface area contributed by atoms with Crippen molar-refractivity contribution < 1.29 is 19.1 Å². The van der Waals surface area contributed by atoms with Gasteiger partial charge in [-0.25, -0.2) is 10.0 Å². The van der Waals surface area contributed by atoms with E-state index in [2.05, 4.69) is 39.8 Å². The Balaban J connectivity index is 1.46. The second kappa shape index (κ2) is 20.0. The molecule has 0 radical (unpaired) electrons. The quantitative estimate of drug-likeness (QED) is 0.0699. The van der Waals surface area contributed by atoms with Crippen molar-refractivity contribution in [3.05, 3.63) is 91.4 Å². The van der Waals surface area contributed by atoms with Crippen molar-refractivity contribution in [2.24, 2.45) is 11.8 Å². The highest BCUT2D eigenvalue weighted by atomic mass is 32.2. The van der Waals surface area contributed by atoms with Gasteiger partial charge in [0, 0.05) is 0 Å². The summed E-state index contributed by atoms with van der Waals surface area (Å²) >= 11 is 5.53. The van der Waals surface area contributed by atoms with E-state index < -0.39 is 0 Å². The Morgan fingerprint density at radius 3 is 1.43 bits per heavy atom. The molecule has 0 N–H and O–H groups in total. The van der Waals surface area contributed by atoms with Gasteiger partial charge in [0.05, 0.1) is 54.4 Å². The van der Waals surface area contributed by atoms with Crippen LogP contribution in [0.5, 0.6) is 11.5 Å². The van der Waals surface area contributed by atoms with E-state index in [4.69, 9.17) is 9.47 Å². The van der Waals surface area contributed by atoms with Gasteiger partial charge < -0.3 is 9.47 Å². The average molecular weight is 825 g/mol. The number of amides is 2. The van der Waals surface area contributed by atoms with Crippen molar-refractivity contribution in [2.45, 2.75) is 112 Å². The Hall–Kier alpha value is -3.94. The zero-order valence-corrected chi connectivity index (χ0v) is 35.7. The van der Waals surface area contributed by atoms with Gasteiger partial charge in [0.2, 0.25) is 0 Å². The number of carbonyl (C=O) groups is 2. The number of fused-ring (bicyclic) bond motifs is 2. The first-order valence-corrected chi connectivity index (χ1v) is 22.8. The molecule has 3 aromatic rings. The van der Waals surface area contributed by atoms with Crippen LogP contribution in [0.15, 0.2) is 99.9 Å². The summed E-state index contributed by atoms with van der Waals surface area (Å²) in [6.07, 6.45) is 8.45. The first-order valence-electron chi connectivity index (χ1n) is 19.6. The molecule has 3 aromatic carbocycles. The lowest BCUT2D eigenvalue weighted by Gasteiger charge is -2.27. The van der Waals surface area contributed by atoms with Crippen molar-refractivity contribution in [3.63, 3.8) is 0 Å². The van der Waals surface area contributed by atoms with Crippen LogP contribution in [0, 0.1) is 34.5 Å². The minimum Gasteiger partial charge on any atom is -0.491 e. The van der Waals surface area contributed by atoms with Crippen LogP contribution in [0.25, 0.3) is 0 Å². The molecule has 3 aliphatic heterocycles. The monoisotopic (exact) mass is 824 g/mol. The second-order valence-corrected chi connectivity index (χ2v) is 18.7. The summed E-state index contributed by atoms with van der Waals surface area (Å²) in [6.45, 7) is 10.3. The Bertz CT molecular complexity index is 1920. The number of thioether (sulfide) groups is 4. The second-order valence-electron chi connectivity index (χ2n) is 14.1. The number of nitrogens with zero attached hydrogens (tertiary/aromatic N) is 4. The molecule has 8 nitrogen and oxygen atoms in total. The smallest absolute Gasteiger partial charge is 0.280 e. The normalized spacial score (nSPS) is 15.8. The molecule has 0 bridgehead atoms. The lowest BCUT2D eigenvalue weighted by molar-refractivity contribution is -0.149. The fourth-order valence-corrected chi connectivity index (χ4v) is 12.2. The zero-order valence-electron chi connectivity index (χ0n) is 32.5. The van der Waals surface area contributed by atoms with E-state index in [9.17, 15) is 20.1 Å². The Labute approximate surface area is 348 Å². The van der Waals surface area contributed by atoms with Crippen LogP contribution < -0.4 is 9.47 Å². The lowest BCUT2D eigenvalue weighted by atomic mass is 10.0. The Morgan fingerprint density at radius 2 is 1.05 bits per heavy atom. The number of nitriles is 2. The summed E-state index contributed by atoms with van der Waals surface area (Å²) in [5.41, 5.74) is 2.04. The van der Waals surface area contributed by atoms with Crippen LogP contribution in [0.1, 0.15) is 90.2 Å². The van der Waals surface area contributed by atoms with E-state index in [0.29, 0.717) is 45.0 Å². The van der Waals surface area contributed by atoms with E-state index in [-0.39, 0.29) is 36.1 Å². The molecule has 1 saturated heterocycles. The maximum absolute atomic E-state index is 14.6. The number of hydrazine groups is 1. The third kappa shape index (κ3) is 9.26. The highest BCUT2D eigenvalue weighted by Crippen LogP contribution is 2.68. The molecule has 0 aliphatic carbocycles. The molecule has 0 spiro atoms. The number of benzene rings is 3. The summed E-state index contributed by atoms with van der Waals surface area (Å²) in [6, 6.07) is 23.6. The molecule has 6 rings (SSSR count). The molecule has 2 atom stereocenters. The number of hydrogen-bond donors (Lipinski definition) is 0. The minimum absolute atomic E-state index is 0.0549. The molecule has 12 heteroatoms. The maximum atomic E-state index is 14.6. The molecule has 2 amide bonds. The Kier molecular flexibility index (Phi) is 14.9. The van der Waals surface area contributed by atoms with E-state index >= 15 is 0 Å². The minimum atomic E-state index is -0.340. The predicted octanol–water partition coefficient (Wildman–Crippen LogP) is 11.7. The van der Waals surface area contributed by atoms with Gasteiger partial charge in [-0.05, 0) is 35.8 Å². The van der Waals surface area contributed by atoms with Gasteiger partial charge in [-0.15, -0.1) is 0 Å². The van der Waals surface area contributed by atoms with Crippen molar-refractivity contribution >= 4 is 58.9 Å². The summed E-state index contributed by atoms with van der Waals surface area (Å²) in [5, 5.41) is 22.9. The van der Waals surface area contributed by atoms with Gasteiger partial charge in [-0.3, -0.25) is 9.59 Å². The van der Waals surface area contributed by atoms with E-state index in [1.165, 1.54) is 47.0 Å². The van der Waals surface area contributed by atoms with Crippen LogP contribution in [0.4, 0.5) is 0 Å². The number of ether oxygens (including phenoxy) is 2. The molecule has 2 unspecified atom stereocenters. The van der Waals surface area contributed by atoms with Gasteiger partial charge in [0.25, 0.3) is 11.8 Å². The topological polar surface area (TPSA) is 107 Å². The van der Waals surface area contributed by atoms with Gasteiger partial charge >= 0.3 is 0 Å². The van der Waals surface area contributed by atoms with Crippen molar-refractivity contribution in [1.29, 1.82) is 10.5 Å². The third-order valence-corrected chi connectivity index (χ3v) is 15.4. The molecular weight excluding hydrogens is 777 g/mol. The highest BCUT2D eigenvalue weighted by Gasteiger charge is 2.46. The molecule has 3 aliphatic rings. The van der Waals surface area contributed by atoms with Crippen LogP contribution in [-0.4, -0.2) is 35.0 Å². The molecule has 0 saturated carbocycles. The zero-order chi connectivity index (χ0) is 39.6. The van der Waals surface area contributed by atoms with Crippen molar-refractivity contribution in [3.8, 4) is 23.6 Å². The predicted molar refractivity (Wildman–Crippen MR) is 227 cm³/mol. The van der Waals surface area contributed by atoms with Gasteiger partial charge in [0.15, 0.2) is 0 Å². The SMILES string of the molecule is CCCCC(CC)COc1c2c(c(OCC(CC)CCCC)c3c1SC(=C1C(=O)N(Cc4ccccc4)N(Cc4ccccc4)C1=O)S3)SC(=C(C#N)C#N)S2.